The average Bonchev–Trinajstić information content (AvgIpc) is 3.02. The highest BCUT2D eigenvalue weighted by Gasteiger charge is 2.09. The molecule has 114 valence electrons. The van der Waals surface area contributed by atoms with E-state index in [1.54, 1.807) is 13.4 Å². The van der Waals surface area contributed by atoms with Crippen molar-refractivity contribution in [3.8, 4) is 5.75 Å². The molecule has 0 fully saturated rings. The quantitative estimate of drug-likeness (QED) is 0.607. The number of imidazole rings is 1. The summed E-state index contributed by atoms with van der Waals surface area (Å²) in [5, 5.41) is 0.947. The molecule has 2 heterocycles. The molecule has 6 heteroatoms. The fourth-order valence-electron chi connectivity index (χ4n) is 2.74. The van der Waals surface area contributed by atoms with Crippen LogP contribution in [0.2, 0.25) is 0 Å². The number of nitrogens with one attached hydrogen (secondary N) is 1. The van der Waals surface area contributed by atoms with Gasteiger partial charge in [-0.1, -0.05) is 6.07 Å². The van der Waals surface area contributed by atoms with Crippen LogP contribution in [0, 0.1) is 0 Å². The van der Waals surface area contributed by atoms with Gasteiger partial charge in [-0.05, 0) is 35.9 Å². The van der Waals surface area contributed by atoms with Gasteiger partial charge in [0.05, 0.1) is 35.7 Å². The van der Waals surface area contributed by atoms with Crippen molar-refractivity contribution in [2.24, 2.45) is 0 Å². The molecule has 0 radical (unpaired) electrons. The van der Waals surface area contributed by atoms with Gasteiger partial charge in [-0.2, -0.15) is 0 Å². The molecule has 0 aliphatic carbocycles. The molecule has 0 aliphatic heterocycles. The van der Waals surface area contributed by atoms with Gasteiger partial charge in [-0.15, -0.1) is 0 Å². The molecular weight excluding hydrogens is 290 g/mol. The van der Waals surface area contributed by atoms with E-state index in [1.807, 2.05) is 30.3 Å². The highest BCUT2D eigenvalue weighted by Crippen LogP contribution is 2.25. The van der Waals surface area contributed by atoms with Crippen molar-refractivity contribution >= 4 is 27.9 Å². The van der Waals surface area contributed by atoms with E-state index in [2.05, 4.69) is 26.0 Å². The summed E-state index contributed by atoms with van der Waals surface area (Å²) in [7, 11) is 1.64. The minimum absolute atomic E-state index is 0.278. The van der Waals surface area contributed by atoms with Crippen LogP contribution in [0.5, 0.6) is 5.75 Å². The van der Waals surface area contributed by atoms with Gasteiger partial charge >= 0.3 is 0 Å². The number of H-pyrrole nitrogens is 1. The molecule has 0 atom stereocenters. The van der Waals surface area contributed by atoms with Gasteiger partial charge in [0.2, 0.25) is 5.95 Å². The highest BCUT2D eigenvalue weighted by molar-refractivity contribution is 5.84. The number of anilines is 1. The Bertz CT molecular complexity index is 1010. The lowest BCUT2D eigenvalue weighted by Crippen LogP contribution is -2.02. The highest BCUT2D eigenvalue weighted by atomic mass is 16.5. The normalized spacial score (nSPS) is 11.2. The SMILES string of the molecule is COc1ccc2nc(N)nc(Cc3ccc4nc[nH]c4c3)c2c1. The van der Waals surface area contributed by atoms with Crippen molar-refractivity contribution in [1.82, 2.24) is 19.9 Å². The topological polar surface area (TPSA) is 89.7 Å². The van der Waals surface area contributed by atoms with Crippen LogP contribution in [0.3, 0.4) is 0 Å². The number of aromatic nitrogens is 4. The zero-order valence-corrected chi connectivity index (χ0v) is 12.6. The first-order chi connectivity index (χ1) is 11.2. The van der Waals surface area contributed by atoms with E-state index in [-0.39, 0.29) is 5.95 Å². The molecule has 0 amide bonds. The van der Waals surface area contributed by atoms with Crippen LogP contribution in [-0.2, 0) is 6.42 Å². The summed E-state index contributed by atoms with van der Waals surface area (Å²) < 4.78 is 5.30. The van der Waals surface area contributed by atoms with E-state index in [4.69, 9.17) is 10.5 Å². The Balaban J connectivity index is 1.83. The first-order valence-electron chi connectivity index (χ1n) is 7.25. The molecular formula is C17H15N5O. The molecule has 23 heavy (non-hydrogen) atoms. The molecule has 4 rings (SSSR count). The van der Waals surface area contributed by atoms with Crippen LogP contribution in [0.1, 0.15) is 11.3 Å². The summed E-state index contributed by atoms with van der Waals surface area (Å²) in [6.07, 6.45) is 2.35. The third-order valence-electron chi connectivity index (χ3n) is 3.86. The van der Waals surface area contributed by atoms with Crippen LogP contribution < -0.4 is 10.5 Å². The van der Waals surface area contributed by atoms with E-state index in [0.717, 1.165) is 38.9 Å². The third kappa shape index (κ3) is 2.44. The Hall–Kier alpha value is -3.15. The Morgan fingerprint density at radius 2 is 1.96 bits per heavy atom. The van der Waals surface area contributed by atoms with Crippen LogP contribution in [0.25, 0.3) is 21.9 Å². The summed E-state index contributed by atoms with van der Waals surface area (Å²) in [6.45, 7) is 0. The molecule has 6 nitrogen and oxygen atoms in total. The van der Waals surface area contributed by atoms with Gasteiger partial charge in [0.15, 0.2) is 0 Å². The number of fused-ring (bicyclic) bond motifs is 2. The van der Waals surface area contributed by atoms with Crippen molar-refractivity contribution < 1.29 is 4.74 Å². The summed E-state index contributed by atoms with van der Waals surface area (Å²) in [5.41, 5.74) is 10.6. The molecule has 2 aromatic carbocycles. The van der Waals surface area contributed by atoms with Crippen LogP contribution in [-0.4, -0.2) is 27.0 Å². The van der Waals surface area contributed by atoms with Crippen LogP contribution in [0.15, 0.2) is 42.7 Å². The van der Waals surface area contributed by atoms with Crippen molar-refractivity contribution in [3.05, 3.63) is 54.0 Å². The Kier molecular flexibility index (Phi) is 3.08. The van der Waals surface area contributed by atoms with Crippen LogP contribution in [0.4, 0.5) is 5.95 Å². The van der Waals surface area contributed by atoms with Crippen molar-refractivity contribution in [1.29, 1.82) is 0 Å². The number of ether oxygens (including phenoxy) is 1. The van der Waals surface area contributed by atoms with Gasteiger partial charge in [0.25, 0.3) is 0 Å². The number of methoxy groups -OCH3 is 1. The molecule has 3 N–H and O–H groups in total. The number of nitrogens with two attached hydrogens (primary N) is 1. The predicted octanol–water partition coefficient (Wildman–Crippen LogP) is 2.69. The number of hydrogen-bond acceptors (Lipinski definition) is 5. The second-order valence-electron chi connectivity index (χ2n) is 5.34. The fourth-order valence-corrected chi connectivity index (χ4v) is 2.74. The zero-order valence-electron chi connectivity index (χ0n) is 12.6. The first-order valence-corrected chi connectivity index (χ1v) is 7.25. The van der Waals surface area contributed by atoms with Gasteiger partial charge < -0.3 is 15.5 Å². The summed E-state index contributed by atoms with van der Waals surface area (Å²) >= 11 is 0. The first kappa shape index (κ1) is 13.5. The van der Waals surface area contributed by atoms with E-state index < -0.39 is 0 Å². The van der Waals surface area contributed by atoms with Gasteiger partial charge in [0.1, 0.15) is 5.75 Å². The Labute approximate surface area is 132 Å². The summed E-state index contributed by atoms with van der Waals surface area (Å²) in [4.78, 5) is 16.1. The number of hydrogen-bond donors (Lipinski definition) is 2. The molecule has 0 spiro atoms. The lowest BCUT2D eigenvalue weighted by molar-refractivity contribution is 0.415. The molecule has 0 aliphatic rings. The lowest BCUT2D eigenvalue weighted by Gasteiger charge is -2.08. The van der Waals surface area contributed by atoms with Gasteiger partial charge in [-0.3, -0.25) is 0 Å². The number of rotatable bonds is 3. The summed E-state index contributed by atoms with van der Waals surface area (Å²) in [6, 6.07) is 11.8. The number of nitrogen functional groups attached to an aromatic ring is 1. The van der Waals surface area contributed by atoms with Crippen molar-refractivity contribution in [2.45, 2.75) is 6.42 Å². The largest absolute Gasteiger partial charge is 0.497 e. The molecule has 0 saturated carbocycles. The smallest absolute Gasteiger partial charge is 0.220 e. The van der Waals surface area contributed by atoms with Crippen LogP contribution >= 0.6 is 0 Å². The van der Waals surface area contributed by atoms with E-state index in [0.29, 0.717) is 6.42 Å². The molecule has 0 bridgehead atoms. The number of nitrogens with zero attached hydrogens (tertiary/aromatic N) is 3. The number of aromatic amines is 1. The van der Waals surface area contributed by atoms with Gasteiger partial charge in [-0.25, -0.2) is 15.0 Å². The molecule has 0 saturated heterocycles. The Morgan fingerprint density at radius 3 is 2.83 bits per heavy atom. The Morgan fingerprint density at radius 1 is 1.09 bits per heavy atom. The van der Waals surface area contributed by atoms with E-state index in [9.17, 15) is 0 Å². The minimum atomic E-state index is 0.278. The lowest BCUT2D eigenvalue weighted by atomic mass is 10.0. The monoisotopic (exact) mass is 305 g/mol. The fraction of sp³-hybridized carbons (Fsp3) is 0.118. The zero-order chi connectivity index (χ0) is 15.8. The maximum atomic E-state index is 5.85. The van der Waals surface area contributed by atoms with Gasteiger partial charge in [0, 0.05) is 11.8 Å². The number of benzene rings is 2. The molecule has 0 unspecified atom stereocenters. The maximum Gasteiger partial charge on any atom is 0.220 e. The molecule has 2 aromatic heterocycles. The average molecular weight is 305 g/mol. The van der Waals surface area contributed by atoms with Crippen molar-refractivity contribution in [2.75, 3.05) is 12.8 Å². The van der Waals surface area contributed by atoms with E-state index in [1.165, 1.54) is 0 Å². The maximum absolute atomic E-state index is 5.85. The molecule has 4 aromatic rings. The third-order valence-corrected chi connectivity index (χ3v) is 3.86. The second-order valence-corrected chi connectivity index (χ2v) is 5.34. The second kappa shape index (κ2) is 5.24. The predicted molar refractivity (Wildman–Crippen MR) is 89.4 cm³/mol. The van der Waals surface area contributed by atoms with E-state index >= 15 is 0 Å². The standard InChI is InChI=1S/C17H15N5O/c1-23-11-3-5-13-12(8-11)15(22-17(18)21-13)6-10-2-4-14-16(7-10)20-9-19-14/h2-5,7-9H,6H2,1H3,(H,19,20)(H2,18,21,22). The van der Waals surface area contributed by atoms with Crippen molar-refractivity contribution in [3.63, 3.8) is 0 Å². The summed E-state index contributed by atoms with van der Waals surface area (Å²) in [5.74, 6) is 1.05. The minimum Gasteiger partial charge on any atom is -0.497 e.